The molecule has 2 atom stereocenters. The normalized spacial score (nSPS) is 17.9. The number of carbonyl (C=O) groups is 2. The highest BCUT2D eigenvalue weighted by atomic mass is 32.2. The van der Waals surface area contributed by atoms with Crippen LogP contribution in [0.2, 0.25) is 0 Å². The lowest BCUT2D eigenvalue weighted by molar-refractivity contribution is -0.131. The number of rotatable bonds is 8. The molecule has 2 N–H and O–H groups in total. The van der Waals surface area contributed by atoms with Gasteiger partial charge in [-0.1, -0.05) is 40.2 Å². The minimum absolute atomic E-state index is 0.0164. The first-order chi connectivity index (χ1) is 14.0. The summed E-state index contributed by atoms with van der Waals surface area (Å²) < 4.78 is 14.6. The number of benzene rings is 1. The average Bonchev–Trinajstić information content (AvgIpc) is 3.08. The number of nitrogens with zero attached hydrogens (tertiary/aromatic N) is 1. The van der Waals surface area contributed by atoms with Gasteiger partial charge >= 0.3 is 5.97 Å². The van der Waals surface area contributed by atoms with Crippen LogP contribution < -0.4 is 0 Å². The van der Waals surface area contributed by atoms with Gasteiger partial charge in [-0.3, -0.25) is 4.79 Å². The molecule has 30 heavy (non-hydrogen) atoms. The van der Waals surface area contributed by atoms with Gasteiger partial charge in [-0.25, -0.2) is 9.18 Å². The SMILES string of the molecule is CCCC(O)CCN(C(=O)c1ccc(C)cc1F)C1=C(C(=O)O)SC(C(C)(C)C)C1. The second-order valence-corrected chi connectivity index (χ2v) is 10.1. The molecule has 2 rings (SSSR count). The van der Waals surface area contributed by atoms with Crippen LogP contribution in [-0.4, -0.2) is 44.9 Å². The highest BCUT2D eigenvalue weighted by Crippen LogP contribution is 2.47. The highest BCUT2D eigenvalue weighted by Gasteiger charge is 2.40. The summed E-state index contributed by atoms with van der Waals surface area (Å²) in [5.41, 5.74) is 0.843. The molecule has 0 bridgehead atoms. The summed E-state index contributed by atoms with van der Waals surface area (Å²) in [7, 11) is 0. The molecular weight excluding hydrogens is 405 g/mol. The fourth-order valence-corrected chi connectivity index (χ4v) is 4.77. The summed E-state index contributed by atoms with van der Waals surface area (Å²) in [5, 5.41) is 20.0. The van der Waals surface area contributed by atoms with E-state index in [0.29, 0.717) is 30.5 Å². The number of hydrogen-bond donors (Lipinski definition) is 2. The Labute approximate surface area is 182 Å². The molecule has 2 unspecified atom stereocenters. The van der Waals surface area contributed by atoms with E-state index in [1.807, 2.05) is 27.7 Å². The third-order valence-electron chi connectivity index (χ3n) is 5.29. The van der Waals surface area contributed by atoms with Crippen molar-refractivity contribution < 1.29 is 24.2 Å². The Balaban J connectivity index is 2.44. The van der Waals surface area contributed by atoms with Crippen LogP contribution in [-0.2, 0) is 4.79 Å². The molecule has 1 aromatic rings. The molecule has 1 amide bonds. The highest BCUT2D eigenvalue weighted by molar-refractivity contribution is 8.04. The third kappa shape index (κ3) is 5.85. The number of amides is 1. The zero-order valence-corrected chi connectivity index (χ0v) is 19.2. The molecule has 0 aromatic heterocycles. The molecule has 0 saturated carbocycles. The van der Waals surface area contributed by atoms with E-state index in [-0.39, 0.29) is 27.7 Å². The number of halogens is 1. The Morgan fingerprint density at radius 3 is 2.50 bits per heavy atom. The van der Waals surface area contributed by atoms with Crippen LogP contribution in [0, 0.1) is 18.2 Å². The first-order valence-corrected chi connectivity index (χ1v) is 11.2. The number of aryl methyl sites for hydroxylation is 1. The first kappa shape index (κ1) is 24.4. The zero-order chi connectivity index (χ0) is 22.6. The number of allylic oxidation sites excluding steroid dienone is 1. The van der Waals surface area contributed by atoms with Gasteiger partial charge in [0, 0.05) is 23.9 Å². The summed E-state index contributed by atoms with van der Waals surface area (Å²) in [4.78, 5) is 26.8. The first-order valence-electron chi connectivity index (χ1n) is 10.3. The third-order valence-corrected chi connectivity index (χ3v) is 7.10. The molecule has 1 aliphatic rings. The minimum Gasteiger partial charge on any atom is -0.477 e. The Hall–Kier alpha value is -1.86. The van der Waals surface area contributed by atoms with E-state index in [9.17, 15) is 24.2 Å². The predicted octanol–water partition coefficient (Wildman–Crippen LogP) is 4.98. The number of carboxylic acids is 1. The maximum Gasteiger partial charge on any atom is 0.343 e. The topological polar surface area (TPSA) is 77.8 Å². The van der Waals surface area contributed by atoms with Crippen molar-refractivity contribution in [2.45, 2.75) is 71.7 Å². The van der Waals surface area contributed by atoms with Crippen molar-refractivity contribution in [2.75, 3.05) is 6.54 Å². The predicted molar refractivity (Wildman–Crippen MR) is 118 cm³/mol. The van der Waals surface area contributed by atoms with Crippen molar-refractivity contribution >= 4 is 23.6 Å². The van der Waals surface area contributed by atoms with E-state index in [4.69, 9.17) is 0 Å². The van der Waals surface area contributed by atoms with E-state index in [0.717, 1.165) is 6.42 Å². The van der Waals surface area contributed by atoms with E-state index in [1.54, 1.807) is 13.0 Å². The van der Waals surface area contributed by atoms with Crippen molar-refractivity contribution in [1.29, 1.82) is 0 Å². The number of hydrogen-bond acceptors (Lipinski definition) is 4. The van der Waals surface area contributed by atoms with Gasteiger partial charge in [-0.05, 0) is 42.9 Å². The molecule has 0 radical (unpaired) electrons. The van der Waals surface area contributed by atoms with Crippen LogP contribution in [0.5, 0.6) is 0 Å². The average molecular weight is 438 g/mol. The Morgan fingerprint density at radius 2 is 1.97 bits per heavy atom. The summed E-state index contributed by atoms with van der Waals surface area (Å²) in [6.45, 7) is 9.93. The van der Waals surface area contributed by atoms with Gasteiger partial charge in [0.1, 0.15) is 10.7 Å². The van der Waals surface area contributed by atoms with Crippen LogP contribution in [0.15, 0.2) is 28.8 Å². The lowest BCUT2D eigenvalue weighted by Gasteiger charge is -2.29. The van der Waals surface area contributed by atoms with Crippen molar-refractivity contribution in [2.24, 2.45) is 5.41 Å². The molecule has 1 aromatic carbocycles. The standard InChI is InChI=1S/C23H32FNO4S/c1-6-7-15(26)10-11-25(21(27)16-9-8-14(2)12-17(16)24)18-13-19(23(3,4)5)30-20(18)22(28)29/h8-9,12,15,19,26H,6-7,10-11,13H2,1-5H3,(H,28,29). The lowest BCUT2D eigenvalue weighted by atomic mass is 9.89. The van der Waals surface area contributed by atoms with Crippen LogP contribution in [0.3, 0.4) is 0 Å². The minimum atomic E-state index is -1.09. The molecule has 0 fully saturated rings. The fourth-order valence-electron chi connectivity index (χ4n) is 3.46. The molecule has 0 spiro atoms. The van der Waals surface area contributed by atoms with Crippen LogP contribution in [0.1, 0.15) is 69.3 Å². The number of carbonyl (C=O) groups excluding carboxylic acids is 1. The van der Waals surface area contributed by atoms with Gasteiger partial charge in [-0.15, -0.1) is 11.8 Å². The summed E-state index contributed by atoms with van der Waals surface area (Å²) in [6, 6.07) is 4.40. The molecule has 1 aliphatic heterocycles. The summed E-state index contributed by atoms with van der Waals surface area (Å²) in [6.07, 6.45) is 1.49. The number of aliphatic hydroxyl groups is 1. The second kappa shape index (κ2) is 9.96. The monoisotopic (exact) mass is 437 g/mol. The maximum absolute atomic E-state index is 14.6. The number of carboxylic acid groups (broad SMARTS) is 1. The smallest absolute Gasteiger partial charge is 0.343 e. The van der Waals surface area contributed by atoms with E-state index >= 15 is 0 Å². The van der Waals surface area contributed by atoms with E-state index < -0.39 is 23.8 Å². The molecule has 7 heteroatoms. The summed E-state index contributed by atoms with van der Waals surface area (Å²) in [5.74, 6) is -2.28. The van der Waals surface area contributed by atoms with Crippen LogP contribution >= 0.6 is 11.8 Å². The number of thioether (sulfide) groups is 1. The molecule has 166 valence electrons. The Morgan fingerprint density at radius 1 is 1.30 bits per heavy atom. The molecule has 5 nitrogen and oxygen atoms in total. The van der Waals surface area contributed by atoms with Gasteiger partial charge in [0.25, 0.3) is 5.91 Å². The van der Waals surface area contributed by atoms with Gasteiger partial charge in [0.15, 0.2) is 0 Å². The Kier molecular flexibility index (Phi) is 8.11. The summed E-state index contributed by atoms with van der Waals surface area (Å²) >= 11 is 1.26. The molecule has 0 aliphatic carbocycles. The molecular formula is C23H32FNO4S. The lowest BCUT2D eigenvalue weighted by Crippen LogP contribution is -2.35. The second-order valence-electron chi connectivity index (χ2n) is 8.93. The maximum atomic E-state index is 14.6. The van der Waals surface area contributed by atoms with E-state index in [1.165, 1.54) is 28.8 Å². The van der Waals surface area contributed by atoms with Crippen LogP contribution in [0.4, 0.5) is 4.39 Å². The van der Waals surface area contributed by atoms with Gasteiger partial charge in [0.05, 0.1) is 11.7 Å². The number of aliphatic hydroxyl groups excluding tert-OH is 1. The zero-order valence-electron chi connectivity index (χ0n) is 18.4. The van der Waals surface area contributed by atoms with Crippen molar-refractivity contribution in [3.05, 3.63) is 45.7 Å². The Bertz CT molecular complexity index is 831. The van der Waals surface area contributed by atoms with Crippen LogP contribution in [0.25, 0.3) is 0 Å². The van der Waals surface area contributed by atoms with Crippen molar-refractivity contribution in [1.82, 2.24) is 4.90 Å². The van der Waals surface area contributed by atoms with Gasteiger partial charge < -0.3 is 15.1 Å². The van der Waals surface area contributed by atoms with Gasteiger partial charge in [0.2, 0.25) is 0 Å². The fraction of sp³-hybridized carbons (Fsp3) is 0.565. The molecule has 1 heterocycles. The van der Waals surface area contributed by atoms with Crippen molar-refractivity contribution in [3.8, 4) is 0 Å². The van der Waals surface area contributed by atoms with Crippen molar-refractivity contribution in [3.63, 3.8) is 0 Å². The largest absolute Gasteiger partial charge is 0.477 e. The van der Waals surface area contributed by atoms with Gasteiger partial charge in [-0.2, -0.15) is 0 Å². The number of aliphatic carboxylic acids is 1. The quantitative estimate of drug-likeness (QED) is 0.600. The van der Waals surface area contributed by atoms with E-state index in [2.05, 4.69) is 0 Å². The molecule has 0 saturated heterocycles.